The SMILES string of the molecule is CN=C1S/C(=C\c2cccn2-c2ccc3ccccc3c2)C(=O)N1C. The number of amides is 1. The van der Waals surface area contributed by atoms with Crippen molar-refractivity contribution in [2.75, 3.05) is 14.1 Å². The van der Waals surface area contributed by atoms with Crippen molar-refractivity contribution >= 4 is 39.7 Å². The van der Waals surface area contributed by atoms with Crippen LogP contribution in [0.5, 0.6) is 0 Å². The number of nitrogens with zero attached hydrogens (tertiary/aromatic N) is 3. The molecular formula is C20H17N3OS. The van der Waals surface area contributed by atoms with Crippen molar-refractivity contribution in [2.45, 2.75) is 0 Å². The van der Waals surface area contributed by atoms with Gasteiger partial charge in [-0.25, -0.2) is 0 Å². The third-order valence-corrected chi connectivity index (χ3v) is 5.42. The summed E-state index contributed by atoms with van der Waals surface area (Å²) in [6, 6.07) is 18.7. The summed E-state index contributed by atoms with van der Waals surface area (Å²) in [5.74, 6) is -0.0168. The molecule has 2 heterocycles. The number of rotatable bonds is 2. The molecule has 0 radical (unpaired) electrons. The quantitative estimate of drug-likeness (QED) is 0.653. The maximum absolute atomic E-state index is 12.4. The zero-order valence-electron chi connectivity index (χ0n) is 14.0. The highest BCUT2D eigenvalue weighted by atomic mass is 32.2. The molecule has 0 saturated carbocycles. The second-order valence-electron chi connectivity index (χ2n) is 5.82. The molecule has 4 rings (SSSR count). The van der Waals surface area contributed by atoms with Gasteiger partial charge in [0.15, 0.2) is 5.17 Å². The molecule has 0 unspecified atom stereocenters. The maximum atomic E-state index is 12.4. The largest absolute Gasteiger partial charge is 0.317 e. The van der Waals surface area contributed by atoms with Gasteiger partial charge in [-0.15, -0.1) is 0 Å². The number of benzene rings is 2. The minimum atomic E-state index is -0.0168. The van der Waals surface area contributed by atoms with Crippen molar-refractivity contribution in [3.63, 3.8) is 0 Å². The number of thioether (sulfide) groups is 1. The number of amidine groups is 1. The van der Waals surface area contributed by atoms with E-state index in [2.05, 4.69) is 39.9 Å². The lowest BCUT2D eigenvalue weighted by molar-refractivity contribution is -0.121. The van der Waals surface area contributed by atoms with Crippen molar-refractivity contribution in [1.82, 2.24) is 9.47 Å². The van der Waals surface area contributed by atoms with E-state index < -0.39 is 0 Å². The second-order valence-corrected chi connectivity index (χ2v) is 6.82. The normalized spacial score (nSPS) is 18.0. The Balaban J connectivity index is 1.76. The fraction of sp³-hybridized carbons (Fsp3) is 0.100. The molecule has 3 aromatic rings. The predicted octanol–water partition coefficient (Wildman–Crippen LogP) is 4.16. The molecule has 1 aliphatic heterocycles. The molecule has 0 aliphatic carbocycles. The van der Waals surface area contributed by atoms with E-state index in [9.17, 15) is 4.79 Å². The molecule has 0 bridgehead atoms. The van der Waals surface area contributed by atoms with Crippen molar-refractivity contribution < 1.29 is 4.79 Å². The summed E-state index contributed by atoms with van der Waals surface area (Å²) < 4.78 is 2.09. The molecule has 124 valence electrons. The highest BCUT2D eigenvalue weighted by molar-refractivity contribution is 8.18. The summed E-state index contributed by atoms with van der Waals surface area (Å²) in [4.78, 5) is 18.8. The molecule has 1 aliphatic rings. The van der Waals surface area contributed by atoms with Gasteiger partial charge in [0.25, 0.3) is 5.91 Å². The monoisotopic (exact) mass is 347 g/mol. The molecule has 5 heteroatoms. The summed E-state index contributed by atoms with van der Waals surface area (Å²) in [6.07, 6.45) is 3.94. The minimum Gasteiger partial charge on any atom is -0.317 e. The highest BCUT2D eigenvalue weighted by Crippen LogP contribution is 2.32. The molecule has 1 saturated heterocycles. The van der Waals surface area contributed by atoms with Crippen LogP contribution in [0.15, 0.2) is 70.7 Å². The summed E-state index contributed by atoms with van der Waals surface area (Å²) in [5.41, 5.74) is 2.04. The molecule has 0 atom stereocenters. The number of fused-ring (bicyclic) bond motifs is 1. The Kier molecular flexibility index (Phi) is 3.93. The van der Waals surface area contributed by atoms with Gasteiger partial charge in [0.2, 0.25) is 0 Å². The van der Waals surface area contributed by atoms with Crippen LogP contribution in [0.1, 0.15) is 5.69 Å². The zero-order chi connectivity index (χ0) is 17.4. The van der Waals surface area contributed by atoms with E-state index in [0.29, 0.717) is 4.91 Å². The third kappa shape index (κ3) is 2.76. The lowest BCUT2D eigenvalue weighted by Gasteiger charge is -2.09. The lowest BCUT2D eigenvalue weighted by Crippen LogP contribution is -2.23. The standard InChI is InChI=1S/C20H17N3OS/c1-21-20-22(2)19(24)18(25-20)13-16-8-5-11-23(16)17-10-9-14-6-3-4-7-15(14)12-17/h3-13H,1-2H3/b18-13-,21-20?. The van der Waals surface area contributed by atoms with Crippen molar-refractivity contribution in [1.29, 1.82) is 0 Å². The van der Waals surface area contributed by atoms with Gasteiger partial charge in [-0.3, -0.25) is 14.7 Å². The molecule has 0 N–H and O–H groups in total. The fourth-order valence-corrected chi connectivity index (χ4v) is 3.87. The molecule has 4 nitrogen and oxygen atoms in total. The Morgan fingerprint density at radius 3 is 2.60 bits per heavy atom. The van der Waals surface area contributed by atoms with E-state index in [4.69, 9.17) is 0 Å². The Morgan fingerprint density at radius 2 is 1.84 bits per heavy atom. The van der Waals surface area contributed by atoms with Gasteiger partial charge in [-0.1, -0.05) is 30.3 Å². The number of hydrogen-bond donors (Lipinski definition) is 0. The van der Waals surface area contributed by atoms with Crippen LogP contribution in [-0.2, 0) is 4.79 Å². The van der Waals surface area contributed by atoms with E-state index in [1.807, 2.05) is 36.5 Å². The number of hydrogen-bond acceptors (Lipinski definition) is 3. The van der Waals surface area contributed by atoms with Crippen molar-refractivity contribution in [3.05, 3.63) is 71.4 Å². The number of carbonyl (C=O) groups is 1. The van der Waals surface area contributed by atoms with Crippen molar-refractivity contribution in [3.8, 4) is 5.69 Å². The zero-order valence-corrected chi connectivity index (χ0v) is 14.8. The first kappa shape index (κ1) is 15.7. The summed E-state index contributed by atoms with van der Waals surface area (Å²) in [5, 5.41) is 3.13. The first-order valence-corrected chi connectivity index (χ1v) is 8.80. The maximum Gasteiger partial charge on any atom is 0.266 e. The smallest absolute Gasteiger partial charge is 0.266 e. The van der Waals surface area contributed by atoms with Crippen molar-refractivity contribution in [2.24, 2.45) is 4.99 Å². The average molecular weight is 347 g/mol. The Hall–Kier alpha value is -2.79. The van der Waals surface area contributed by atoms with Gasteiger partial charge < -0.3 is 4.57 Å². The van der Waals surface area contributed by atoms with Gasteiger partial charge in [0, 0.05) is 31.7 Å². The highest BCUT2D eigenvalue weighted by Gasteiger charge is 2.29. The average Bonchev–Trinajstić information content (AvgIpc) is 3.21. The van der Waals surface area contributed by atoms with E-state index in [0.717, 1.165) is 16.5 Å². The number of aliphatic imine (C=N–C) groups is 1. The van der Waals surface area contributed by atoms with Gasteiger partial charge in [-0.2, -0.15) is 0 Å². The molecule has 1 fully saturated rings. The molecule has 2 aromatic carbocycles. The molecule has 1 amide bonds. The van der Waals surface area contributed by atoms with Crippen LogP contribution in [0.3, 0.4) is 0 Å². The summed E-state index contributed by atoms with van der Waals surface area (Å²) in [7, 11) is 3.45. The first-order valence-electron chi connectivity index (χ1n) is 7.98. The third-order valence-electron chi connectivity index (χ3n) is 4.27. The lowest BCUT2D eigenvalue weighted by atomic mass is 10.1. The predicted molar refractivity (Wildman–Crippen MR) is 105 cm³/mol. The van der Waals surface area contributed by atoms with Gasteiger partial charge >= 0.3 is 0 Å². The number of aromatic nitrogens is 1. The van der Waals surface area contributed by atoms with Gasteiger partial charge in [0.1, 0.15) is 0 Å². The minimum absolute atomic E-state index is 0.0168. The summed E-state index contributed by atoms with van der Waals surface area (Å²) >= 11 is 1.41. The van der Waals surface area contributed by atoms with E-state index in [1.165, 1.54) is 22.5 Å². The fourth-order valence-electron chi connectivity index (χ4n) is 2.96. The van der Waals surface area contributed by atoms with E-state index in [-0.39, 0.29) is 5.91 Å². The Bertz CT molecular complexity index is 1030. The van der Waals surface area contributed by atoms with E-state index in [1.54, 1.807) is 19.0 Å². The molecule has 1 aromatic heterocycles. The van der Waals surface area contributed by atoms with E-state index >= 15 is 0 Å². The van der Waals surface area contributed by atoms with Crippen LogP contribution in [0.2, 0.25) is 0 Å². The number of carbonyl (C=O) groups excluding carboxylic acids is 1. The van der Waals surface area contributed by atoms with Crippen LogP contribution >= 0.6 is 11.8 Å². The first-order chi connectivity index (χ1) is 12.2. The van der Waals surface area contributed by atoms with Crippen LogP contribution in [0.25, 0.3) is 22.5 Å². The second kappa shape index (κ2) is 6.26. The summed E-state index contributed by atoms with van der Waals surface area (Å²) in [6.45, 7) is 0. The van der Waals surface area contributed by atoms with Crippen LogP contribution in [0.4, 0.5) is 0 Å². The molecule has 25 heavy (non-hydrogen) atoms. The van der Waals surface area contributed by atoms with Crippen LogP contribution in [0, 0.1) is 0 Å². The van der Waals surface area contributed by atoms with Gasteiger partial charge in [-0.05, 0) is 52.9 Å². The molecular weight excluding hydrogens is 330 g/mol. The topological polar surface area (TPSA) is 37.6 Å². The van der Waals surface area contributed by atoms with Crippen LogP contribution < -0.4 is 0 Å². The Morgan fingerprint density at radius 1 is 1.04 bits per heavy atom. The number of likely N-dealkylation sites (N-methyl/N-ethyl adjacent to an activating group) is 1. The van der Waals surface area contributed by atoms with Gasteiger partial charge in [0.05, 0.1) is 4.91 Å². The molecule has 0 spiro atoms. The van der Waals surface area contributed by atoms with Crippen LogP contribution in [-0.4, -0.2) is 34.6 Å². The Labute approximate surface area is 150 Å².